The van der Waals surface area contributed by atoms with Gasteiger partial charge in [-0.2, -0.15) is 0 Å². The first-order valence-corrected chi connectivity index (χ1v) is 10.0. The molecule has 0 atom stereocenters. The van der Waals surface area contributed by atoms with Gasteiger partial charge in [0.05, 0.1) is 17.1 Å². The Morgan fingerprint density at radius 2 is 1.74 bits per heavy atom. The van der Waals surface area contributed by atoms with E-state index in [2.05, 4.69) is 4.98 Å². The summed E-state index contributed by atoms with van der Waals surface area (Å²) in [7, 11) is -3.61. The maximum Gasteiger partial charge on any atom is 0.265 e. The van der Waals surface area contributed by atoms with Crippen molar-refractivity contribution in [1.82, 2.24) is 4.98 Å². The summed E-state index contributed by atoms with van der Waals surface area (Å²) < 4.78 is 33.1. The minimum atomic E-state index is -3.61. The van der Waals surface area contributed by atoms with Crippen molar-refractivity contribution in [1.29, 1.82) is 0 Å². The number of benzene rings is 3. The Morgan fingerprint density at radius 3 is 2.52 bits per heavy atom. The van der Waals surface area contributed by atoms with Gasteiger partial charge >= 0.3 is 0 Å². The van der Waals surface area contributed by atoms with Crippen LogP contribution in [0.3, 0.4) is 0 Å². The van der Waals surface area contributed by atoms with E-state index in [0.29, 0.717) is 22.2 Å². The summed E-state index contributed by atoms with van der Waals surface area (Å²) in [5, 5.41) is 1.68. The summed E-state index contributed by atoms with van der Waals surface area (Å²) in [5.74, 6) is 0.484. The molecule has 1 aromatic heterocycles. The summed E-state index contributed by atoms with van der Waals surface area (Å²) in [6, 6.07) is 18.8. The van der Waals surface area contributed by atoms with Gasteiger partial charge in [-0.05, 0) is 36.6 Å². The van der Waals surface area contributed by atoms with Crippen molar-refractivity contribution in [3.8, 4) is 11.5 Å². The molecule has 0 radical (unpaired) electrons. The predicted molar refractivity (Wildman–Crippen MR) is 104 cm³/mol. The average molecular weight is 376 g/mol. The van der Waals surface area contributed by atoms with E-state index in [0.717, 1.165) is 21.9 Å². The number of nitrogens with zero attached hydrogens (tertiary/aromatic N) is 2. The molecule has 4 aromatic rings. The van der Waals surface area contributed by atoms with Crippen molar-refractivity contribution in [2.45, 2.75) is 18.4 Å². The maximum absolute atomic E-state index is 13.1. The van der Waals surface area contributed by atoms with E-state index < -0.39 is 10.0 Å². The van der Waals surface area contributed by atoms with E-state index in [4.69, 9.17) is 4.42 Å². The second-order valence-electron chi connectivity index (χ2n) is 6.65. The zero-order chi connectivity index (χ0) is 18.6. The van der Waals surface area contributed by atoms with Crippen molar-refractivity contribution in [2.24, 2.45) is 0 Å². The van der Waals surface area contributed by atoms with Gasteiger partial charge in [0, 0.05) is 10.9 Å². The molecule has 2 heterocycles. The number of hydrogen-bond donors (Lipinski definition) is 0. The van der Waals surface area contributed by atoms with Crippen LogP contribution in [0.25, 0.3) is 22.2 Å². The van der Waals surface area contributed by atoms with E-state index >= 15 is 0 Å². The van der Waals surface area contributed by atoms with Crippen LogP contribution in [0.4, 0.5) is 5.69 Å². The number of oxazole rings is 1. The third kappa shape index (κ3) is 2.44. The Bertz CT molecular complexity index is 1270. The van der Waals surface area contributed by atoms with Crippen LogP contribution in [0.5, 0.6) is 0 Å². The molecule has 0 amide bonds. The van der Waals surface area contributed by atoms with Crippen molar-refractivity contribution >= 4 is 26.5 Å². The van der Waals surface area contributed by atoms with E-state index in [-0.39, 0.29) is 6.54 Å². The highest BCUT2D eigenvalue weighted by Crippen LogP contribution is 2.42. The molecular weight excluding hydrogens is 360 g/mol. The Kier molecular flexibility index (Phi) is 3.39. The minimum Gasteiger partial charge on any atom is -0.444 e. The van der Waals surface area contributed by atoms with E-state index in [9.17, 15) is 8.42 Å². The Hall–Kier alpha value is -3.12. The molecule has 5 rings (SSSR count). The van der Waals surface area contributed by atoms with Crippen LogP contribution in [0.2, 0.25) is 0 Å². The van der Waals surface area contributed by atoms with E-state index in [1.54, 1.807) is 12.1 Å². The summed E-state index contributed by atoms with van der Waals surface area (Å²) in [6.45, 7) is 2.15. The lowest BCUT2D eigenvalue weighted by Gasteiger charge is -2.17. The maximum atomic E-state index is 13.1. The predicted octanol–water partition coefficient (Wildman–Crippen LogP) is 4.51. The molecule has 0 unspecified atom stereocenters. The molecule has 0 aliphatic carbocycles. The molecule has 0 spiro atoms. The molecule has 0 N–H and O–H groups in total. The van der Waals surface area contributed by atoms with E-state index in [1.165, 1.54) is 10.6 Å². The van der Waals surface area contributed by atoms with E-state index in [1.807, 2.05) is 55.5 Å². The molecule has 27 heavy (non-hydrogen) atoms. The van der Waals surface area contributed by atoms with Gasteiger partial charge in [0.1, 0.15) is 12.0 Å². The fourth-order valence-corrected chi connectivity index (χ4v) is 5.17. The van der Waals surface area contributed by atoms with Crippen LogP contribution in [-0.2, 0) is 16.6 Å². The normalized spacial score (nSPS) is 14.8. The summed E-state index contributed by atoms with van der Waals surface area (Å²) in [5.41, 5.74) is 3.27. The van der Waals surface area contributed by atoms with Gasteiger partial charge in [-0.15, -0.1) is 0 Å². The molecule has 0 saturated heterocycles. The number of anilines is 1. The summed E-state index contributed by atoms with van der Waals surface area (Å²) in [4.78, 5) is 4.84. The van der Waals surface area contributed by atoms with Gasteiger partial charge in [0.25, 0.3) is 10.0 Å². The molecule has 5 nitrogen and oxygen atoms in total. The number of aryl methyl sites for hydroxylation is 1. The Labute approximate surface area is 156 Å². The zero-order valence-corrected chi connectivity index (χ0v) is 15.4. The first kappa shape index (κ1) is 16.1. The van der Waals surface area contributed by atoms with Crippen molar-refractivity contribution < 1.29 is 12.8 Å². The quantitative estimate of drug-likeness (QED) is 0.528. The number of aromatic nitrogens is 1. The third-order valence-corrected chi connectivity index (χ3v) is 6.64. The topological polar surface area (TPSA) is 63.4 Å². The molecular formula is C21H16N2O3S. The minimum absolute atomic E-state index is 0.130. The molecule has 6 heteroatoms. The fraction of sp³-hybridized carbons (Fsp3) is 0.0952. The molecule has 0 bridgehead atoms. The summed E-state index contributed by atoms with van der Waals surface area (Å²) >= 11 is 0. The first-order valence-electron chi connectivity index (χ1n) is 8.60. The molecule has 1 aliphatic heterocycles. The van der Waals surface area contributed by atoms with Gasteiger partial charge in [-0.3, -0.25) is 4.31 Å². The monoisotopic (exact) mass is 376 g/mol. The lowest BCUT2D eigenvalue weighted by Crippen LogP contribution is -2.26. The first-order chi connectivity index (χ1) is 13.0. The van der Waals surface area contributed by atoms with Crippen LogP contribution in [0, 0.1) is 6.92 Å². The number of hydrogen-bond acceptors (Lipinski definition) is 4. The van der Waals surface area contributed by atoms with Crippen molar-refractivity contribution in [2.75, 3.05) is 4.31 Å². The second kappa shape index (κ2) is 5.69. The lowest BCUT2D eigenvalue weighted by atomic mass is 10.1. The molecule has 1 aliphatic rings. The lowest BCUT2D eigenvalue weighted by molar-refractivity contribution is 0.572. The highest BCUT2D eigenvalue weighted by molar-refractivity contribution is 7.93. The van der Waals surface area contributed by atoms with Crippen LogP contribution in [0.1, 0.15) is 11.3 Å². The van der Waals surface area contributed by atoms with Gasteiger partial charge < -0.3 is 4.42 Å². The van der Waals surface area contributed by atoms with Gasteiger partial charge in [0.2, 0.25) is 5.89 Å². The Balaban J connectivity index is 1.54. The molecule has 134 valence electrons. The van der Waals surface area contributed by atoms with Gasteiger partial charge in [-0.25, -0.2) is 13.4 Å². The fourth-order valence-electron chi connectivity index (χ4n) is 3.48. The van der Waals surface area contributed by atoms with Crippen LogP contribution < -0.4 is 4.31 Å². The molecule has 0 fully saturated rings. The standard InChI is InChI=1S/C21H16N2O3S/c1-14-8-10-16(11-9-14)21-22-17(13-26-21)12-23-18-6-2-4-15-5-3-7-19(20(15)18)27(23,24)25/h2-11,13H,12H2,1H3. The molecule has 3 aromatic carbocycles. The van der Waals surface area contributed by atoms with Crippen LogP contribution in [0.15, 0.2) is 76.2 Å². The van der Waals surface area contributed by atoms with Crippen LogP contribution >= 0.6 is 0 Å². The van der Waals surface area contributed by atoms with Gasteiger partial charge in [-0.1, -0.05) is 42.0 Å². The number of sulfonamides is 1. The third-order valence-electron chi connectivity index (χ3n) is 4.84. The zero-order valence-electron chi connectivity index (χ0n) is 14.6. The highest BCUT2D eigenvalue weighted by Gasteiger charge is 2.35. The van der Waals surface area contributed by atoms with Crippen molar-refractivity contribution in [3.63, 3.8) is 0 Å². The number of rotatable bonds is 3. The highest BCUT2D eigenvalue weighted by atomic mass is 32.2. The Morgan fingerprint density at radius 1 is 1.00 bits per heavy atom. The second-order valence-corrected chi connectivity index (χ2v) is 8.48. The van der Waals surface area contributed by atoms with Crippen molar-refractivity contribution in [3.05, 3.63) is 78.2 Å². The molecule has 0 saturated carbocycles. The smallest absolute Gasteiger partial charge is 0.265 e. The van der Waals surface area contributed by atoms with Gasteiger partial charge in [0.15, 0.2) is 0 Å². The van der Waals surface area contributed by atoms with Crippen LogP contribution in [-0.4, -0.2) is 13.4 Å². The SMILES string of the molecule is Cc1ccc(-c2nc(CN3c4cccc5cccc(c45)S3(=O)=O)co2)cc1. The average Bonchev–Trinajstić information content (AvgIpc) is 3.21. The largest absolute Gasteiger partial charge is 0.444 e. The summed E-state index contributed by atoms with van der Waals surface area (Å²) in [6.07, 6.45) is 1.52.